The largest absolute Gasteiger partial charge is 0.489 e. The summed E-state index contributed by atoms with van der Waals surface area (Å²) in [5, 5.41) is 10.8. The molecule has 8 nitrogen and oxygen atoms in total. The van der Waals surface area contributed by atoms with Gasteiger partial charge in [0.1, 0.15) is 12.4 Å². The minimum atomic E-state index is -0.576. The molecule has 0 bridgehead atoms. The van der Waals surface area contributed by atoms with Crippen LogP contribution in [0.5, 0.6) is 5.75 Å². The SMILES string of the molecule is O=C(CN1C(=O)S/C(=C/c2ccc(OCc3ccccc3Cl)cc2)C1=O)c1ccc([N+](=O)[O-])cc1. The number of nitrogens with zero attached hydrogens (tertiary/aromatic N) is 2. The van der Waals surface area contributed by atoms with Gasteiger partial charge in [-0.15, -0.1) is 0 Å². The maximum absolute atomic E-state index is 12.7. The lowest BCUT2D eigenvalue weighted by molar-refractivity contribution is -0.384. The van der Waals surface area contributed by atoms with Gasteiger partial charge in [-0.1, -0.05) is 41.9 Å². The number of amides is 2. The standard InChI is InChI=1S/C25H17ClN2O6S/c26-21-4-2-1-3-18(21)15-34-20-11-5-16(6-12-20)13-23-24(30)27(25(31)35-23)14-22(29)17-7-9-19(10-8-17)28(32)33/h1-13H,14-15H2/b23-13+. The number of imide groups is 1. The highest BCUT2D eigenvalue weighted by Gasteiger charge is 2.36. The number of hydrogen-bond donors (Lipinski definition) is 0. The van der Waals surface area contributed by atoms with E-state index < -0.39 is 28.4 Å². The molecular formula is C25H17ClN2O6S. The number of ketones is 1. The van der Waals surface area contributed by atoms with Gasteiger partial charge in [0.15, 0.2) is 5.78 Å². The van der Waals surface area contributed by atoms with E-state index in [9.17, 15) is 24.5 Å². The number of nitro benzene ring substituents is 1. The number of carbonyl (C=O) groups excluding carboxylic acids is 3. The Kier molecular flexibility index (Phi) is 7.28. The van der Waals surface area contributed by atoms with E-state index in [1.54, 1.807) is 36.4 Å². The highest BCUT2D eigenvalue weighted by molar-refractivity contribution is 8.18. The van der Waals surface area contributed by atoms with E-state index in [1.165, 1.54) is 24.3 Å². The number of thioether (sulfide) groups is 1. The number of carbonyl (C=O) groups is 3. The summed E-state index contributed by atoms with van der Waals surface area (Å²) in [6.45, 7) is -0.144. The smallest absolute Gasteiger partial charge is 0.293 e. The molecule has 0 aliphatic carbocycles. The Balaban J connectivity index is 1.39. The summed E-state index contributed by atoms with van der Waals surface area (Å²) in [6.07, 6.45) is 1.57. The second kappa shape index (κ2) is 10.5. The molecule has 0 radical (unpaired) electrons. The van der Waals surface area contributed by atoms with Crippen LogP contribution in [0.25, 0.3) is 6.08 Å². The normalized spacial score (nSPS) is 14.4. The second-order valence-corrected chi connectivity index (χ2v) is 8.84. The average molecular weight is 509 g/mol. The van der Waals surface area contributed by atoms with Crippen molar-refractivity contribution in [1.82, 2.24) is 4.90 Å². The van der Waals surface area contributed by atoms with Crippen LogP contribution in [-0.4, -0.2) is 33.3 Å². The highest BCUT2D eigenvalue weighted by Crippen LogP contribution is 2.32. The maximum Gasteiger partial charge on any atom is 0.293 e. The molecule has 0 N–H and O–H groups in total. The van der Waals surface area contributed by atoms with E-state index in [0.717, 1.165) is 22.2 Å². The van der Waals surface area contributed by atoms with Gasteiger partial charge in [-0.3, -0.25) is 29.4 Å². The summed E-state index contributed by atoms with van der Waals surface area (Å²) in [4.78, 5) is 48.8. The fourth-order valence-electron chi connectivity index (χ4n) is 3.23. The Hall–Kier alpha value is -3.95. The molecule has 1 saturated heterocycles. The van der Waals surface area contributed by atoms with Crippen LogP contribution in [0, 0.1) is 10.1 Å². The van der Waals surface area contributed by atoms with E-state index in [-0.39, 0.29) is 16.2 Å². The topological polar surface area (TPSA) is 107 Å². The molecule has 0 unspecified atom stereocenters. The van der Waals surface area contributed by atoms with Crippen molar-refractivity contribution in [3.05, 3.63) is 110 Å². The van der Waals surface area contributed by atoms with Crippen LogP contribution in [0.1, 0.15) is 21.5 Å². The summed E-state index contributed by atoms with van der Waals surface area (Å²) in [5.41, 5.74) is 1.56. The van der Waals surface area contributed by atoms with Crippen molar-refractivity contribution in [2.75, 3.05) is 6.54 Å². The fraction of sp³-hybridized carbons (Fsp3) is 0.0800. The van der Waals surface area contributed by atoms with Gasteiger partial charge in [-0.2, -0.15) is 0 Å². The second-order valence-electron chi connectivity index (χ2n) is 7.44. The molecule has 0 saturated carbocycles. The van der Waals surface area contributed by atoms with Gasteiger partial charge in [0.2, 0.25) is 0 Å². The Morgan fingerprint density at radius 2 is 1.71 bits per heavy atom. The monoisotopic (exact) mass is 508 g/mol. The molecule has 1 aliphatic rings. The molecule has 2 amide bonds. The molecule has 0 aromatic heterocycles. The van der Waals surface area contributed by atoms with Crippen LogP contribution < -0.4 is 4.74 Å². The van der Waals surface area contributed by atoms with Gasteiger partial charge < -0.3 is 4.74 Å². The Morgan fingerprint density at radius 3 is 2.37 bits per heavy atom. The first kappa shape index (κ1) is 24.2. The van der Waals surface area contributed by atoms with Crippen LogP contribution in [0.4, 0.5) is 10.5 Å². The molecule has 3 aromatic carbocycles. The maximum atomic E-state index is 12.7. The summed E-state index contributed by atoms with van der Waals surface area (Å²) >= 11 is 6.88. The summed E-state index contributed by atoms with van der Waals surface area (Å²) in [5.74, 6) is -0.457. The van der Waals surface area contributed by atoms with Crippen molar-refractivity contribution in [1.29, 1.82) is 0 Å². The number of rotatable bonds is 8. The third-order valence-electron chi connectivity index (χ3n) is 5.11. The van der Waals surface area contributed by atoms with Crippen LogP contribution in [0.2, 0.25) is 5.02 Å². The van der Waals surface area contributed by atoms with Crippen LogP contribution in [-0.2, 0) is 11.4 Å². The molecule has 35 heavy (non-hydrogen) atoms. The summed E-state index contributed by atoms with van der Waals surface area (Å²) in [6, 6.07) is 19.3. The zero-order chi connectivity index (χ0) is 24.9. The Morgan fingerprint density at radius 1 is 1.03 bits per heavy atom. The van der Waals surface area contributed by atoms with E-state index in [0.29, 0.717) is 22.9 Å². The number of non-ortho nitro benzene ring substituents is 1. The molecular weight excluding hydrogens is 492 g/mol. The van der Waals surface area contributed by atoms with Crippen molar-refractivity contribution in [3.63, 3.8) is 0 Å². The van der Waals surface area contributed by atoms with Crippen molar-refractivity contribution in [3.8, 4) is 5.75 Å². The summed E-state index contributed by atoms with van der Waals surface area (Å²) in [7, 11) is 0. The van der Waals surface area contributed by atoms with Crippen molar-refractivity contribution < 1.29 is 24.0 Å². The predicted octanol–water partition coefficient (Wildman–Crippen LogP) is 5.75. The number of ether oxygens (including phenoxy) is 1. The Labute approximate surface area is 209 Å². The first-order valence-electron chi connectivity index (χ1n) is 10.3. The summed E-state index contributed by atoms with van der Waals surface area (Å²) < 4.78 is 5.74. The minimum Gasteiger partial charge on any atom is -0.489 e. The van der Waals surface area contributed by atoms with Gasteiger partial charge in [0, 0.05) is 28.3 Å². The lowest BCUT2D eigenvalue weighted by Crippen LogP contribution is -2.33. The third-order valence-corrected chi connectivity index (χ3v) is 6.38. The molecule has 3 aromatic rings. The van der Waals surface area contributed by atoms with Gasteiger partial charge in [-0.25, -0.2) is 0 Å². The highest BCUT2D eigenvalue weighted by atomic mass is 35.5. The number of hydrogen-bond acceptors (Lipinski definition) is 7. The van der Waals surface area contributed by atoms with Crippen molar-refractivity contribution in [2.24, 2.45) is 0 Å². The molecule has 0 atom stereocenters. The Bertz CT molecular complexity index is 1340. The van der Waals surface area contributed by atoms with Gasteiger partial charge >= 0.3 is 0 Å². The predicted molar refractivity (Wildman–Crippen MR) is 132 cm³/mol. The van der Waals surface area contributed by atoms with Crippen molar-refractivity contribution in [2.45, 2.75) is 6.61 Å². The molecule has 4 rings (SSSR count). The van der Waals surface area contributed by atoms with Gasteiger partial charge in [0.25, 0.3) is 16.8 Å². The molecule has 1 aliphatic heterocycles. The van der Waals surface area contributed by atoms with Crippen LogP contribution >= 0.6 is 23.4 Å². The van der Waals surface area contributed by atoms with Crippen LogP contribution in [0.15, 0.2) is 77.7 Å². The molecule has 176 valence electrons. The quantitative estimate of drug-likeness (QED) is 0.165. The number of Topliss-reactive ketones (excluding diaryl/α,β-unsaturated/α-hetero) is 1. The molecule has 10 heteroatoms. The molecule has 0 spiro atoms. The first-order valence-corrected chi connectivity index (χ1v) is 11.5. The number of halogens is 1. The van der Waals surface area contributed by atoms with Crippen LogP contribution in [0.3, 0.4) is 0 Å². The third kappa shape index (κ3) is 5.76. The average Bonchev–Trinajstić information content (AvgIpc) is 3.11. The molecule has 1 heterocycles. The number of nitro groups is 1. The van der Waals surface area contributed by atoms with Gasteiger partial charge in [-0.05, 0) is 53.7 Å². The zero-order valence-corrected chi connectivity index (χ0v) is 19.6. The minimum absolute atomic E-state index is 0.157. The van der Waals surface area contributed by atoms with Crippen molar-refractivity contribution >= 4 is 52.1 Å². The van der Waals surface area contributed by atoms with E-state index in [4.69, 9.17) is 16.3 Å². The fourth-order valence-corrected chi connectivity index (χ4v) is 4.26. The lowest BCUT2D eigenvalue weighted by Gasteiger charge is -2.11. The number of benzene rings is 3. The lowest BCUT2D eigenvalue weighted by atomic mass is 10.1. The van der Waals surface area contributed by atoms with Gasteiger partial charge in [0.05, 0.1) is 16.4 Å². The molecule has 1 fully saturated rings. The zero-order valence-electron chi connectivity index (χ0n) is 18.0. The van der Waals surface area contributed by atoms with E-state index >= 15 is 0 Å². The van der Waals surface area contributed by atoms with E-state index in [2.05, 4.69) is 0 Å². The van der Waals surface area contributed by atoms with E-state index in [1.807, 2.05) is 18.2 Å². The first-order chi connectivity index (χ1) is 16.8.